The van der Waals surface area contributed by atoms with Crippen molar-refractivity contribution in [3.05, 3.63) is 23.8 Å². The zero-order valence-electron chi connectivity index (χ0n) is 19.5. The molecular weight excluding hydrogens is 440 g/mol. The highest BCUT2D eigenvalue weighted by Gasteiger charge is 2.32. The van der Waals surface area contributed by atoms with Gasteiger partial charge < -0.3 is 14.7 Å². The minimum Gasteiger partial charge on any atom is -0.484 e. The van der Waals surface area contributed by atoms with Crippen molar-refractivity contribution in [2.75, 3.05) is 44.2 Å². The molecule has 0 atom stereocenters. The fourth-order valence-electron chi connectivity index (χ4n) is 5.02. The van der Waals surface area contributed by atoms with Crippen LogP contribution >= 0.6 is 0 Å². The van der Waals surface area contributed by atoms with E-state index in [0.29, 0.717) is 37.1 Å². The SMILES string of the molecule is Cc1ccc(OCC(=O)N2CCN(C3CCC(C(=O)O)CC3)CC2)cc1N1CCC(=O)NC1=O. The van der Waals surface area contributed by atoms with Crippen LogP contribution in [0.2, 0.25) is 0 Å². The van der Waals surface area contributed by atoms with Crippen molar-refractivity contribution in [2.45, 2.75) is 45.1 Å². The number of carboxylic acid groups (broad SMARTS) is 1. The number of anilines is 1. The highest BCUT2D eigenvalue weighted by molar-refractivity contribution is 6.06. The Morgan fingerprint density at radius 1 is 1.06 bits per heavy atom. The predicted octanol–water partition coefficient (Wildman–Crippen LogP) is 1.61. The molecule has 0 bridgehead atoms. The fraction of sp³-hybridized carbons (Fsp3) is 0.583. The van der Waals surface area contributed by atoms with E-state index in [1.165, 1.54) is 4.90 Å². The maximum Gasteiger partial charge on any atom is 0.328 e. The second-order valence-electron chi connectivity index (χ2n) is 9.25. The van der Waals surface area contributed by atoms with Crippen LogP contribution in [0.5, 0.6) is 5.75 Å². The van der Waals surface area contributed by atoms with Gasteiger partial charge in [-0.3, -0.25) is 29.5 Å². The summed E-state index contributed by atoms with van der Waals surface area (Å²) < 4.78 is 5.76. The molecule has 2 heterocycles. The third-order valence-electron chi connectivity index (χ3n) is 7.12. The van der Waals surface area contributed by atoms with Crippen LogP contribution in [-0.2, 0) is 14.4 Å². The van der Waals surface area contributed by atoms with Crippen molar-refractivity contribution in [3.63, 3.8) is 0 Å². The Bertz CT molecular complexity index is 951. The third kappa shape index (κ3) is 5.49. The van der Waals surface area contributed by atoms with E-state index in [9.17, 15) is 24.3 Å². The van der Waals surface area contributed by atoms with Crippen molar-refractivity contribution >= 4 is 29.5 Å². The molecule has 10 heteroatoms. The van der Waals surface area contributed by atoms with Crippen LogP contribution in [0.25, 0.3) is 0 Å². The molecule has 34 heavy (non-hydrogen) atoms. The second kappa shape index (κ2) is 10.4. The Morgan fingerprint density at radius 3 is 2.41 bits per heavy atom. The van der Waals surface area contributed by atoms with Gasteiger partial charge in [0, 0.05) is 51.3 Å². The number of nitrogens with one attached hydrogen (secondary N) is 1. The lowest BCUT2D eigenvalue weighted by Gasteiger charge is -2.41. The smallest absolute Gasteiger partial charge is 0.328 e. The predicted molar refractivity (Wildman–Crippen MR) is 124 cm³/mol. The number of piperazine rings is 1. The lowest BCUT2D eigenvalue weighted by Crippen LogP contribution is -2.53. The number of hydrogen-bond acceptors (Lipinski definition) is 6. The Kier molecular flexibility index (Phi) is 7.35. The van der Waals surface area contributed by atoms with Crippen molar-refractivity contribution in [1.29, 1.82) is 0 Å². The van der Waals surface area contributed by atoms with Crippen LogP contribution in [0.3, 0.4) is 0 Å². The summed E-state index contributed by atoms with van der Waals surface area (Å²) in [6, 6.07) is 5.27. The van der Waals surface area contributed by atoms with Crippen LogP contribution in [0.1, 0.15) is 37.7 Å². The van der Waals surface area contributed by atoms with Gasteiger partial charge in [0.05, 0.1) is 11.6 Å². The van der Waals surface area contributed by atoms with Gasteiger partial charge in [0.2, 0.25) is 5.91 Å². The molecule has 0 radical (unpaired) electrons. The van der Waals surface area contributed by atoms with E-state index in [-0.39, 0.29) is 30.8 Å². The lowest BCUT2D eigenvalue weighted by molar-refractivity contribution is -0.143. The zero-order valence-corrected chi connectivity index (χ0v) is 19.5. The van der Waals surface area contributed by atoms with E-state index in [2.05, 4.69) is 10.2 Å². The minimum atomic E-state index is -0.691. The Hall–Kier alpha value is -3.14. The van der Waals surface area contributed by atoms with Crippen LogP contribution in [0.4, 0.5) is 10.5 Å². The summed E-state index contributed by atoms with van der Waals surface area (Å²) in [7, 11) is 0. The normalized spacial score (nSPS) is 24.0. The number of carbonyl (C=O) groups is 4. The van der Waals surface area contributed by atoms with Gasteiger partial charge in [0.25, 0.3) is 5.91 Å². The molecule has 3 aliphatic rings. The molecule has 184 valence electrons. The summed E-state index contributed by atoms with van der Waals surface area (Å²) in [5, 5.41) is 11.5. The van der Waals surface area contributed by atoms with Gasteiger partial charge in [0.1, 0.15) is 5.75 Å². The van der Waals surface area contributed by atoms with Gasteiger partial charge >= 0.3 is 12.0 Å². The number of ether oxygens (including phenoxy) is 1. The van der Waals surface area contributed by atoms with Crippen molar-refractivity contribution in [1.82, 2.24) is 15.1 Å². The number of hydrogen-bond donors (Lipinski definition) is 2. The number of benzene rings is 1. The number of aryl methyl sites for hydroxylation is 1. The maximum absolute atomic E-state index is 12.7. The summed E-state index contributed by atoms with van der Waals surface area (Å²) >= 11 is 0. The van der Waals surface area contributed by atoms with Gasteiger partial charge in [-0.15, -0.1) is 0 Å². The molecule has 0 spiro atoms. The highest BCUT2D eigenvalue weighted by Crippen LogP contribution is 2.29. The van der Waals surface area contributed by atoms with Gasteiger partial charge in [0.15, 0.2) is 6.61 Å². The van der Waals surface area contributed by atoms with E-state index in [0.717, 1.165) is 44.3 Å². The minimum absolute atomic E-state index is 0.0855. The van der Waals surface area contributed by atoms with Gasteiger partial charge in [-0.05, 0) is 44.2 Å². The average Bonchev–Trinajstić information content (AvgIpc) is 2.84. The van der Waals surface area contributed by atoms with Gasteiger partial charge in [-0.25, -0.2) is 4.79 Å². The number of nitrogens with zero attached hydrogens (tertiary/aromatic N) is 3. The molecule has 1 aromatic carbocycles. The van der Waals surface area contributed by atoms with Gasteiger partial charge in [-0.2, -0.15) is 0 Å². The third-order valence-corrected chi connectivity index (χ3v) is 7.12. The number of imide groups is 1. The topological polar surface area (TPSA) is 119 Å². The monoisotopic (exact) mass is 472 g/mol. The molecular formula is C24H32N4O6. The summed E-state index contributed by atoms with van der Waals surface area (Å²) in [4.78, 5) is 53.2. The van der Waals surface area contributed by atoms with Crippen LogP contribution < -0.4 is 15.0 Å². The molecule has 3 fully saturated rings. The summed E-state index contributed by atoms with van der Waals surface area (Å²) in [6.45, 7) is 4.91. The Labute approximate surface area is 198 Å². The van der Waals surface area contributed by atoms with E-state index < -0.39 is 12.0 Å². The molecule has 1 saturated carbocycles. The van der Waals surface area contributed by atoms with Gasteiger partial charge in [-0.1, -0.05) is 6.07 Å². The van der Waals surface area contributed by atoms with Crippen LogP contribution in [0.15, 0.2) is 18.2 Å². The lowest BCUT2D eigenvalue weighted by atomic mass is 9.85. The van der Waals surface area contributed by atoms with E-state index in [4.69, 9.17) is 4.74 Å². The van der Waals surface area contributed by atoms with Crippen molar-refractivity contribution in [2.24, 2.45) is 5.92 Å². The second-order valence-corrected chi connectivity index (χ2v) is 9.25. The molecule has 2 aliphatic heterocycles. The molecule has 0 unspecified atom stereocenters. The average molecular weight is 473 g/mol. The molecule has 10 nitrogen and oxygen atoms in total. The zero-order chi connectivity index (χ0) is 24.2. The first kappa shape index (κ1) is 24.0. The number of rotatable bonds is 6. The number of carbonyl (C=O) groups excluding carboxylic acids is 3. The van der Waals surface area contributed by atoms with Crippen LogP contribution in [0, 0.1) is 12.8 Å². The quantitative estimate of drug-likeness (QED) is 0.645. The molecule has 2 saturated heterocycles. The van der Waals surface area contributed by atoms with Crippen LogP contribution in [-0.4, -0.2) is 84.1 Å². The molecule has 0 aromatic heterocycles. The fourth-order valence-corrected chi connectivity index (χ4v) is 5.02. The highest BCUT2D eigenvalue weighted by atomic mass is 16.5. The summed E-state index contributed by atoms with van der Waals surface area (Å²) in [5.74, 6) is -0.788. The molecule has 1 aliphatic carbocycles. The molecule has 1 aromatic rings. The molecule has 4 rings (SSSR count). The number of amides is 4. The summed E-state index contributed by atoms with van der Waals surface area (Å²) in [5.41, 5.74) is 1.53. The largest absolute Gasteiger partial charge is 0.484 e. The summed E-state index contributed by atoms with van der Waals surface area (Å²) in [6.07, 6.45) is 3.48. The first-order valence-electron chi connectivity index (χ1n) is 11.9. The van der Waals surface area contributed by atoms with Crippen molar-refractivity contribution in [3.8, 4) is 5.75 Å². The van der Waals surface area contributed by atoms with E-state index in [1.807, 2.05) is 13.0 Å². The number of aliphatic carboxylic acids is 1. The van der Waals surface area contributed by atoms with E-state index >= 15 is 0 Å². The standard InChI is InChI=1S/C24H32N4O6/c1-16-2-7-19(14-20(16)28-9-8-21(29)25-24(28)33)34-15-22(30)27-12-10-26(11-13-27)18-5-3-17(4-6-18)23(31)32/h2,7,14,17-18H,3-6,8-13,15H2,1H3,(H,31,32)(H,25,29,33). The Morgan fingerprint density at radius 2 is 1.76 bits per heavy atom. The number of urea groups is 1. The first-order valence-corrected chi connectivity index (χ1v) is 11.9. The first-order chi connectivity index (χ1) is 16.3. The maximum atomic E-state index is 12.7. The van der Waals surface area contributed by atoms with Crippen molar-refractivity contribution < 1.29 is 29.0 Å². The molecule has 2 N–H and O–H groups in total. The number of carboxylic acids is 1. The van der Waals surface area contributed by atoms with E-state index in [1.54, 1.807) is 17.0 Å². The Balaban J connectivity index is 1.26. The molecule has 4 amide bonds.